The number of para-hydroxylation sites is 1. The number of methoxy groups -OCH3 is 1. The van der Waals surface area contributed by atoms with Crippen molar-refractivity contribution >= 4 is 72.0 Å². The molecule has 0 aliphatic carbocycles. The summed E-state index contributed by atoms with van der Waals surface area (Å²) in [5.41, 5.74) is 2.73. The lowest BCUT2D eigenvalue weighted by Crippen LogP contribution is -2.40. The second kappa shape index (κ2) is 23.4. The molecule has 0 fully saturated rings. The van der Waals surface area contributed by atoms with Crippen molar-refractivity contribution in [3.8, 4) is 17.6 Å². The molecule has 0 saturated carbocycles. The molecular weight excluding hydrogens is 894 g/mol. The molecule has 0 aliphatic rings. The Balaban J connectivity index is 1.38. The number of hydrogen-bond acceptors (Lipinski definition) is 13. The number of aryl methyl sites for hydroxylation is 2. The molecule has 0 amide bonds. The normalized spacial score (nSPS) is 12.5. The quantitative estimate of drug-likeness (QED) is 0.0287. The summed E-state index contributed by atoms with van der Waals surface area (Å²) in [5, 5.41) is 10.2. The van der Waals surface area contributed by atoms with E-state index in [9.17, 15) is 9.18 Å². The fourth-order valence-electron chi connectivity index (χ4n) is 6.25. The third-order valence-electron chi connectivity index (χ3n) is 11.2. The summed E-state index contributed by atoms with van der Waals surface area (Å²) in [6.45, 7) is 23.5. The van der Waals surface area contributed by atoms with Crippen LogP contribution >= 0.6 is 22.7 Å². The van der Waals surface area contributed by atoms with Crippen molar-refractivity contribution < 1.29 is 27.8 Å². The van der Waals surface area contributed by atoms with Crippen LogP contribution in [-0.2, 0) is 27.1 Å². The van der Waals surface area contributed by atoms with Crippen LogP contribution in [0.5, 0.6) is 5.75 Å². The van der Waals surface area contributed by atoms with Crippen LogP contribution in [0.2, 0.25) is 43.8 Å². The number of hydrogen-bond donors (Lipinski definition) is 0. The molecule has 0 aliphatic heterocycles. The van der Waals surface area contributed by atoms with Gasteiger partial charge in [0.05, 0.1) is 30.5 Å². The van der Waals surface area contributed by atoms with Gasteiger partial charge >= 0.3 is 5.97 Å². The second-order valence-electron chi connectivity index (χ2n) is 19.2. The zero-order valence-electron chi connectivity index (χ0n) is 40.5. The van der Waals surface area contributed by atoms with Crippen molar-refractivity contribution in [3.63, 3.8) is 0 Å². The standard InChI is InChI=1S/C48H68FN7O5S2Si2/c1-35-32-42(52-53-44(35)51-47-56(34-59-30-31-64(8,9)10)38-21-14-15-22-40(38)62-47)55(27-16-13-17-29-61-65(11,12)48(2,3)4)46-50-43(45(57)58-7)41(63-46)23-19-28-60-39-25-24-36(33-37(39)49)20-18-26-54(5)6/h14-15,21-22,24-25,32-33H,13,16-17,19,23,26-31,34H2,1-12H3. The van der Waals surface area contributed by atoms with Gasteiger partial charge in [0.2, 0.25) is 0 Å². The van der Waals surface area contributed by atoms with Crippen molar-refractivity contribution in [2.75, 3.05) is 59.0 Å². The van der Waals surface area contributed by atoms with Gasteiger partial charge in [-0.15, -0.1) is 21.5 Å². The van der Waals surface area contributed by atoms with E-state index in [1.807, 2.05) is 49.0 Å². The minimum atomic E-state index is -1.86. The van der Waals surface area contributed by atoms with Crippen molar-refractivity contribution in [1.29, 1.82) is 0 Å². The number of unbranched alkanes of at least 4 members (excludes halogenated alkanes) is 2. The lowest BCUT2D eigenvalue weighted by Gasteiger charge is -2.36. The topological polar surface area (TPSA) is 116 Å². The monoisotopic (exact) mass is 961 g/mol. The van der Waals surface area contributed by atoms with Crippen molar-refractivity contribution in [3.05, 3.63) is 80.8 Å². The summed E-state index contributed by atoms with van der Waals surface area (Å²) in [6.07, 6.45) is 3.66. The Labute approximate surface area is 395 Å². The summed E-state index contributed by atoms with van der Waals surface area (Å²) in [4.78, 5) is 28.6. The number of thiazole rings is 2. The van der Waals surface area contributed by atoms with E-state index in [0.29, 0.717) is 68.2 Å². The van der Waals surface area contributed by atoms with Gasteiger partial charge in [0.1, 0.15) is 6.73 Å². The Morgan fingerprint density at radius 2 is 1.72 bits per heavy atom. The number of aromatic nitrogens is 4. The number of nitrogens with zero attached hydrogens (tertiary/aromatic N) is 7. The van der Waals surface area contributed by atoms with E-state index in [0.717, 1.165) is 50.8 Å². The van der Waals surface area contributed by atoms with Gasteiger partial charge in [-0.05, 0) is 119 Å². The van der Waals surface area contributed by atoms with E-state index in [4.69, 9.17) is 33.7 Å². The zero-order valence-corrected chi connectivity index (χ0v) is 44.1. The first kappa shape index (κ1) is 51.7. The van der Waals surface area contributed by atoms with Crippen LogP contribution in [0.4, 0.5) is 21.2 Å². The Morgan fingerprint density at radius 3 is 2.42 bits per heavy atom. The highest BCUT2D eigenvalue weighted by Gasteiger charge is 2.36. The maximum Gasteiger partial charge on any atom is 0.357 e. The molecule has 3 heterocycles. The van der Waals surface area contributed by atoms with Crippen molar-refractivity contribution in [1.82, 2.24) is 24.6 Å². The van der Waals surface area contributed by atoms with E-state index in [1.165, 1.54) is 24.5 Å². The number of carbonyl (C=O) groups excluding carboxylic acids is 1. The van der Waals surface area contributed by atoms with Gasteiger partial charge in [-0.1, -0.05) is 75.7 Å². The number of ether oxygens (including phenoxy) is 3. The van der Waals surface area contributed by atoms with Crippen LogP contribution in [0.1, 0.15) is 72.9 Å². The average Bonchev–Trinajstić information content (AvgIpc) is 3.82. The van der Waals surface area contributed by atoms with Gasteiger partial charge in [0, 0.05) is 38.3 Å². The van der Waals surface area contributed by atoms with Gasteiger partial charge in [-0.2, -0.15) is 4.99 Å². The molecule has 352 valence electrons. The van der Waals surface area contributed by atoms with Gasteiger partial charge in [0.15, 0.2) is 47.1 Å². The predicted molar refractivity (Wildman–Crippen MR) is 269 cm³/mol. The summed E-state index contributed by atoms with van der Waals surface area (Å²) in [5.74, 6) is 6.26. The number of carbonyl (C=O) groups is 1. The van der Waals surface area contributed by atoms with Gasteiger partial charge < -0.3 is 23.5 Å². The Bertz CT molecular complexity index is 2500. The number of anilines is 2. The summed E-state index contributed by atoms with van der Waals surface area (Å²) >= 11 is 3.00. The highest BCUT2D eigenvalue weighted by Crippen LogP contribution is 2.37. The number of fused-ring (bicyclic) bond motifs is 1. The SMILES string of the molecule is COC(=O)c1nc(N(CCCCCO[Si](C)(C)C(C)(C)C)c2cc(C)c(N=c3sc4ccccc4n3COCC[Si](C)(C)C)nn2)sc1CCCOc1ccc(C#CCN(C)C)cc1F. The first-order valence-electron chi connectivity index (χ1n) is 22.4. The summed E-state index contributed by atoms with van der Waals surface area (Å²) in [6, 6.07) is 16.0. The molecule has 0 unspecified atom stereocenters. The molecule has 3 aromatic heterocycles. The van der Waals surface area contributed by atoms with Gasteiger partial charge in [0.25, 0.3) is 0 Å². The maximum absolute atomic E-state index is 14.9. The molecule has 0 bridgehead atoms. The average molecular weight is 962 g/mol. The first-order valence-corrected chi connectivity index (χ1v) is 30.6. The summed E-state index contributed by atoms with van der Waals surface area (Å²) in [7, 11) is 2.11. The van der Waals surface area contributed by atoms with E-state index >= 15 is 0 Å². The van der Waals surface area contributed by atoms with Crippen LogP contribution in [0.15, 0.2) is 53.5 Å². The molecule has 0 atom stereocenters. The highest BCUT2D eigenvalue weighted by molar-refractivity contribution is 7.16. The van der Waals surface area contributed by atoms with Gasteiger partial charge in [-0.3, -0.25) is 9.47 Å². The third-order valence-corrected chi connectivity index (χ3v) is 19.6. The number of halogens is 1. The number of benzene rings is 2. The molecule has 5 aromatic rings. The largest absolute Gasteiger partial charge is 0.491 e. The predicted octanol–water partition coefficient (Wildman–Crippen LogP) is 11.0. The van der Waals surface area contributed by atoms with E-state index in [1.54, 1.807) is 23.5 Å². The van der Waals surface area contributed by atoms with E-state index in [-0.39, 0.29) is 23.1 Å². The van der Waals surface area contributed by atoms with Crippen LogP contribution in [-0.4, -0.2) is 101 Å². The molecule has 2 aromatic carbocycles. The highest BCUT2D eigenvalue weighted by atomic mass is 32.1. The molecule has 0 saturated heterocycles. The zero-order chi connectivity index (χ0) is 47.4. The molecule has 0 N–H and O–H groups in total. The first-order chi connectivity index (χ1) is 30.8. The molecule has 12 nitrogen and oxygen atoms in total. The van der Waals surface area contributed by atoms with E-state index < -0.39 is 28.2 Å². The van der Waals surface area contributed by atoms with E-state index in [2.05, 4.69) is 87.1 Å². The third kappa shape index (κ3) is 15.1. The minimum absolute atomic E-state index is 0.145. The maximum atomic E-state index is 14.9. The molecule has 5 rings (SSSR count). The molecule has 0 radical (unpaired) electrons. The number of rotatable bonds is 22. The minimum Gasteiger partial charge on any atom is -0.491 e. The molecule has 17 heteroatoms. The smallest absolute Gasteiger partial charge is 0.357 e. The van der Waals surface area contributed by atoms with Crippen LogP contribution in [0.3, 0.4) is 0 Å². The lowest BCUT2D eigenvalue weighted by molar-refractivity contribution is 0.0593. The van der Waals surface area contributed by atoms with Crippen LogP contribution in [0.25, 0.3) is 10.2 Å². The van der Waals surface area contributed by atoms with Crippen molar-refractivity contribution in [2.24, 2.45) is 4.99 Å². The fourth-order valence-corrected chi connectivity index (χ4v) is 10.2. The Hall–Kier alpha value is -4.29. The molecule has 0 spiro atoms. The van der Waals surface area contributed by atoms with Crippen LogP contribution in [0, 0.1) is 24.6 Å². The van der Waals surface area contributed by atoms with Gasteiger partial charge in [-0.25, -0.2) is 14.2 Å². The second-order valence-corrected chi connectivity index (χ2v) is 31.7. The molecular formula is C48H68FN7O5S2Si2. The Kier molecular flexibility index (Phi) is 18.6. The molecule has 65 heavy (non-hydrogen) atoms. The van der Waals surface area contributed by atoms with Crippen molar-refractivity contribution in [2.45, 2.75) is 110 Å². The lowest BCUT2D eigenvalue weighted by atomic mass is 10.2. The number of esters is 1. The summed E-state index contributed by atoms with van der Waals surface area (Å²) < 4.78 is 41.9. The Morgan fingerprint density at radius 1 is 0.954 bits per heavy atom. The van der Waals surface area contributed by atoms with Crippen LogP contribution < -0.4 is 14.4 Å². The fraction of sp³-hybridized carbons (Fsp3) is 0.521.